The maximum atomic E-state index is 12.4. The summed E-state index contributed by atoms with van der Waals surface area (Å²) in [5, 5.41) is 0. The molecule has 0 N–H and O–H groups in total. The van der Waals surface area contributed by atoms with Crippen molar-refractivity contribution in [1.29, 1.82) is 0 Å². The summed E-state index contributed by atoms with van der Waals surface area (Å²) in [6.45, 7) is 0.111. The molecule has 0 atom stereocenters. The van der Waals surface area contributed by atoms with E-state index in [-0.39, 0.29) is 6.79 Å². The lowest BCUT2D eigenvalue weighted by Gasteiger charge is -2.02. The number of ether oxygens (including phenoxy) is 2. The fourth-order valence-electron chi connectivity index (χ4n) is 0.628. The largest absolute Gasteiger partial charge is 0.467 e. The summed E-state index contributed by atoms with van der Waals surface area (Å²) in [6.07, 6.45) is 0. The summed E-state index contributed by atoms with van der Waals surface area (Å²) in [5.41, 5.74) is 0. The van der Waals surface area contributed by atoms with E-state index >= 15 is 0 Å². The molecule has 0 saturated carbocycles. The summed E-state index contributed by atoms with van der Waals surface area (Å²) in [7, 11) is 1.50. The van der Waals surface area contributed by atoms with E-state index in [1.165, 1.54) is 13.2 Å². The Labute approximate surface area is 64.6 Å². The van der Waals surface area contributed by atoms with Gasteiger partial charge in [-0.2, -0.15) is 0 Å². The molecule has 0 amide bonds. The molecular formula is C8H8FO2. The molecule has 2 nitrogen and oxygen atoms in total. The Bertz CT molecular complexity index is 225. The van der Waals surface area contributed by atoms with Crippen LogP contribution in [-0.4, -0.2) is 13.9 Å². The highest BCUT2D eigenvalue weighted by Crippen LogP contribution is 2.10. The first kappa shape index (κ1) is 8.01. The van der Waals surface area contributed by atoms with Gasteiger partial charge < -0.3 is 9.47 Å². The molecule has 0 aliphatic heterocycles. The average Bonchev–Trinajstić information content (AvgIpc) is 2.01. The second kappa shape index (κ2) is 3.93. The molecular weight excluding hydrogens is 147 g/mol. The monoisotopic (exact) mass is 155 g/mol. The third-order valence-electron chi connectivity index (χ3n) is 1.07. The highest BCUT2D eigenvalue weighted by Gasteiger charge is 1.94. The van der Waals surface area contributed by atoms with Crippen molar-refractivity contribution in [2.75, 3.05) is 13.9 Å². The van der Waals surface area contributed by atoms with Crippen LogP contribution in [0, 0.1) is 11.9 Å². The summed E-state index contributed by atoms with van der Waals surface area (Å²) in [4.78, 5) is 0. The summed E-state index contributed by atoms with van der Waals surface area (Å²) < 4.78 is 22.0. The molecule has 0 fully saturated rings. The Balaban J connectivity index is 2.56. The van der Waals surface area contributed by atoms with E-state index in [9.17, 15) is 4.39 Å². The van der Waals surface area contributed by atoms with E-state index in [1.54, 1.807) is 12.1 Å². The second-order valence-electron chi connectivity index (χ2n) is 1.91. The van der Waals surface area contributed by atoms with E-state index in [1.807, 2.05) is 0 Å². The fraction of sp³-hybridized carbons (Fsp3) is 0.250. The molecule has 3 heteroatoms. The van der Waals surface area contributed by atoms with E-state index in [0.717, 1.165) is 0 Å². The molecule has 0 bridgehead atoms. The van der Waals surface area contributed by atoms with Crippen molar-refractivity contribution in [3.8, 4) is 5.75 Å². The zero-order chi connectivity index (χ0) is 8.10. The van der Waals surface area contributed by atoms with Crippen molar-refractivity contribution < 1.29 is 13.9 Å². The maximum Gasteiger partial charge on any atom is 0.188 e. The Kier molecular flexibility index (Phi) is 2.86. The summed E-state index contributed by atoms with van der Waals surface area (Å²) in [5.74, 6) is -0.0783. The van der Waals surface area contributed by atoms with Crippen LogP contribution < -0.4 is 4.74 Å². The lowest BCUT2D eigenvalue weighted by Crippen LogP contribution is -1.98. The van der Waals surface area contributed by atoms with Crippen LogP contribution in [0.25, 0.3) is 0 Å². The van der Waals surface area contributed by atoms with Gasteiger partial charge in [-0.15, -0.1) is 0 Å². The van der Waals surface area contributed by atoms with Gasteiger partial charge in [0.05, 0.1) is 6.07 Å². The van der Waals surface area contributed by atoms with Crippen molar-refractivity contribution in [3.05, 3.63) is 30.1 Å². The number of rotatable bonds is 3. The van der Waals surface area contributed by atoms with Crippen molar-refractivity contribution in [1.82, 2.24) is 0 Å². The lowest BCUT2D eigenvalue weighted by molar-refractivity contribution is 0.0507. The molecule has 0 saturated heterocycles. The number of benzene rings is 1. The van der Waals surface area contributed by atoms with Gasteiger partial charge >= 0.3 is 0 Å². The Hall–Kier alpha value is -1.09. The highest BCUT2D eigenvalue weighted by atomic mass is 19.1. The van der Waals surface area contributed by atoms with Gasteiger partial charge in [-0.1, -0.05) is 6.07 Å². The molecule has 0 unspecified atom stereocenters. The van der Waals surface area contributed by atoms with Gasteiger partial charge in [0.25, 0.3) is 0 Å². The highest BCUT2D eigenvalue weighted by molar-refractivity contribution is 5.20. The first-order valence-electron chi connectivity index (χ1n) is 3.12. The number of methoxy groups -OCH3 is 1. The minimum Gasteiger partial charge on any atom is -0.467 e. The van der Waals surface area contributed by atoms with Gasteiger partial charge in [0.1, 0.15) is 11.6 Å². The normalized spacial score (nSPS) is 9.64. The number of hydrogen-bond donors (Lipinski definition) is 0. The van der Waals surface area contributed by atoms with Crippen LogP contribution in [0.5, 0.6) is 5.75 Å². The molecule has 0 aromatic heterocycles. The van der Waals surface area contributed by atoms with Gasteiger partial charge in [0.2, 0.25) is 0 Å². The molecule has 0 spiro atoms. The smallest absolute Gasteiger partial charge is 0.188 e. The van der Waals surface area contributed by atoms with Gasteiger partial charge in [-0.3, -0.25) is 0 Å². The maximum absolute atomic E-state index is 12.4. The Morgan fingerprint density at radius 1 is 1.55 bits per heavy atom. The molecule has 1 rings (SSSR count). The SMILES string of the molecule is COCOc1[c]c(F)ccc1. The van der Waals surface area contributed by atoms with E-state index in [2.05, 4.69) is 10.8 Å². The first-order valence-corrected chi connectivity index (χ1v) is 3.12. The lowest BCUT2D eigenvalue weighted by atomic mass is 10.3. The van der Waals surface area contributed by atoms with Gasteiger partial charge in [-0.05, 0) is 12.1 Å². The van der Waals surface area contributed by atoms with Crippen LogP contribution in [0.3, 0.4) is 0 Å². The van der Waals surface area contributed by atoms with Gasteiger partial charge in [0, 0.05) is 7.11 Å². The van der Waals surface area contributed by atoms with Crippen molar-refractivity contribution in [3.63, 3.8) is 0 Å². The van der Waals surface area contributed by atoms with Gasteiger partial charge in [-0.25, -0.2) is 4.39 Å². The minimum absolute atomic E-state index is 0.111. The van der Waals surface area contributed by atoms with Gasteiger partial charge in [0.15, 0.2) is 6.79 Å². The zero-order valence-corrected chi connectivity index (χ0v) is 6.13. The standard InChI is InChI=1S/C8H8FO2/c1-10-6-11-8-4-2-3-7(9)5-8/h2-4H,6H2,1H3. The average molecular weight is 155 g/mol. The van der Waals surface area contributed by atoms with Crippen molar-refractivity contribution in [2.45, 2.75) is 0 Å². The summed E-state index contributed by atoms with van der Waals surface area (Å²) in [6, 6.07) is 6.84. The van der Waals surface area contributed by atoms with Crippen molar-refractivity contribution >= 4 is 0 Å². The minimum atomic E-state index is -0.432. The third-order valence-corrected chi connectivity index (χ3v) is 1.07. The van der Waals surface area contributed by atoms with Crippen LogP contribution in [0.2, 0.25) is 0 Å². The fourth-order valence-corrected chi connectivity index (χ4v) is 0.628. The predicted octanol–water partition coefficient (Wildman–Crippen LogP) is 1.61. The summed E-state index contributed by atoms with van der Waals surface area (Å²) >= 11 is 0. The molecule has 1 aromatic rings. The predicted molar refractivity (Wildman–Crippen MR) is 37.7 cm³/mol. The van der Waals surface area contributed by atoms with Crippen LogP contribution in [0.1, 0.15) is 0 Å². The molecule has 0 aliphatic carbocycles. The molecule has 0 aliphatic rings. The molecule has 1 aromatic carbocycles. The quantitative estimate of drug-likeness (QED) is 0.617. The molecule has 11 heavy (non-hydrogen) atoms. The van der Waals surface area contributed by atoms with Crippen LogP contribution in [0.15, 0.2) is 18.2 Å². The van der Waals surface area contributed by atoms with E-state index in [4.69, 9.17) is 4.74 Å². The zero-order valence-electron chi connectivity index (χ0n) is 6.13. The molecule has 0 heterocycles. The van der Waals surface area contributed by atoms with Crippen LogP contribution in [-0.2, 0) is 4.74 Å². The topological polar surface area (TPSA) is 18.5 Å². The Morgan fingerprint density at radius 2 is 2.36 bits per heavy atom. The second-order valence-corrected chi connectivity index (χ2v) is 1.91. The van der Waals surface area contributed by atoms with Crippen LogP contribution in [0.4, 0.5) is 4.39 Å². The number of hydrogen-bond acceptors (Lipinski definition) is 2. The first-order chi connectivity index (χ1) is 5.33. The number of halogens is 1. The Morgan fingerprint density at radius 3 is 3.00 bits per heavy atom. The molecule has 1 radical (unpaired) electrons. The third kappa shape index (κ3) is 2.55. The van der Waals surface area contributed by atoms with Crippen LogP contribution >= 0.6 is 0 Å². The van der Waals surface area contributed by atoms with E-state index in [0.29, 0.717) is 5.75 Å². The van der Waals surface area contributed by atoms with E-state index < -0.39 is 5.82 Å². The molecule has 59 valence electrons. The van der Waals surface area contributed by atoms with Crippen molar-refractivity contribution in [2.24, 2.45) is 0 Å².